The maximum atomic E-state index is 13.6. The highest BCUT2D eigenvalue weighted by atomic mass is 16.6. The Hall–Kier alpha value is -3.55. The van der Waals surface area contributed by atoms with E-state index in [9.17, 15) is 9.59 Å². The van der Waals surface area contributed by atoms with Gasteiger partial charge in [0, 0.05) is 47.7 Å². The number of fused-ring (bicyclic) bond motifs is 2. The van der Waals surface area contributed by atoms with Crippen LogP contribution in [-0.4, -0.2) is 48.3 Å². The van der Waals surface area contributed by atoms with Crippen molar-refractivity contribution in [2.75, 3.05) is 18.6 Å². The van der Waals surface area contributed by atoms with Crippen LogP contribution in [0.25, 0.3) is 0 Å². The molecule has 1 aromatic carbocycles. The topological polar surface area (TPSA) is 92.8 Å². The lowest BCUT2D eigenvalue weighted by atomic mass is 9.89. The van der Waals surface area contributed by atoms with E-state index in [0.29, 0.717) is 30.5 Å². The third-order valence-electron chi connectivity index (χ3n) is 7.90. The summed E-state index contributed by atoms with van der Waals surface area (Å²) in [6.07, 6.45) is 10.2. The maximum absolute atomic E-state index is 13.6. The highest BCUT2D eigenvalue weighted by Gasteiger charge is 2.29. The molecule has 2 amide bonds. The van der Waals surface area contributed by atoms with E-state index in [0.717, 1.165) is 73.1 Å². The number of amides is 2. The molecule has 0 unspecified atom stereocenters. The van der Waals surface area contributed by atoms with Crippen molar-refractivity contribution in [3.05, 3.63) is 64.4 Å². The summed E-state index contributed by atoms with van der Waals surface area (Å²) in [5.74, 6) is 0.481. The van der Waals surface area contributed by atoms with Crippen molar-refractivity contribution in [1.82, 2.24) is 15.6 Å². The van der Waals surface area contributed by atoms with Gasteiger partial charge in [-0.2, -0.15) is 0 Å². The Labute approximate surface area is 244 Å². The second kappa shape index (κ2) is 13.4. The van der Waals surface area contributed by atoms with Crippen LogP contribution in [0.1, 0.15) is 92.5 Å². The van der Waals surface area contributed by atoms with Gasteiger partial charge in [0.1, 0.15) is 5.60 Å². The van der Waals surface area contributed by atoms with Gasteiger partial charge in [0.2, 0.25) is 5.88 Å². The van der Waals surface area contributed by atoms with Gasteiger partial charge in [-0.1, -0.05) is 18.2 Å². The number of pyridine rings is 1. The van der Waals surface area contributed by atoms with Gasteiger partial charge in [0.15, 0.2) is 0 Å². The van der Waals surface area contributed by atoms with Gasteiger partial charge in [0.25, 0.3) is 5.91 Å². The van der Waals surface area contributed by atoms with Crippen molar-refractivity contribution in [3.63, 3.8) is 0 Å². The third-order valence-corrected chi connectivity index (χ3v) is 7.90. The molecule has 1 fully saturated rings. The van der Waals surface area contributed by atoms with Crippen LogP contribution in [0.3, 0.4) is 0 Å². The minimum Gasteiger partial charge on any atom is -0.481 e. The lowest BCUT2D eigenvalue weighted by molar-refractivity contribution is 0.0491. The molecule has 41 heavy (non-hydrogen) atoms. The van der Waals surface area contributed by atoms with E-state index in [4.69, 9.17) is 9.47 Å². The van der Waals surface area contributed by atoms with Crippen LogP contribution in [0, 0.1) is 6.92 Å². The monoisotopic (exact) mass is 562 g/mol. The van der Waals surface area contributed by atoms with Crippen molar-refractivity contribution in [3.8, 4) is 5.88 Å². The largest absolute Gasteiger partial charge is 0.481 e. The lowest BCUT2D eigenvalue weighted by Gasteiger charge is -2.39. The normalized spacial score (nSPS) is 20.3. The van der Waals surface area contributed by atoms with E-state index in [1.54, 1.807) is 7.11 Å². The minimum atomic E-state index is -0.507. The van der Waals surface area contributed by atoms with Crippen LogP contribution in [0.2, 0.25) is 0 Å². The average molecular weight is 563 g/mol. The Morgan fingerprint density at radius 2 is 1.90 bits per heavy atom. The van der Waals surface area contributed by atoms with E-state index in [-0.39, 0.29) is 18.0 Å². The Morgan fingerprint density at radius 3 is 2.59 bits per heavy atom. The van der Waals surface area contributed by atoms with E-state index in [2.05, 4.69) is 51.7 Å². The van der Waals surface area contributed by atoms with Gasteiger partial charge in [-0.3, -0.25) is 4.79 Å². The fourth-order valence-electron chi connectivity index (χ4n) is 6.04. The average Bonchev–Trinajstić information content (AvgIpc) is 2.91. The molecule has 8 heteroatoms. The molecule has 2 aliphatic rings. The Bertz CT molecular complexity index is 1260. The molecular weight excluding hydrogens is 516 g/mol. The molecule has 8 nitrogen and oxygen atoms in total. The molecule has 2 heterocycles. The molecule has 0 saturated heterocycles. The molecule has 2 aromatic rings. The quantitative estimate of drug-likeness (QED) is 0.432. The lowest BCUT2D eigenvalue weighted by Crippen LogP contribution is -2.45. The summed E-state index contributed by atoms with van der Waals surface area (Å²) >= 11 is 0. The first-order valence-corrected chi connectivity index (χ1v) is 14.9. The van der Waals surface area contributed by atoms with Crippen LogP contribution < -0.4 is 20.3 Å². The van der Waals surface area contributed by atoms with Gasteiger partial charge in [-0.15, -0.1) is 0 Å². The van der Waals surface area contributed by atoms with E-state index >= 15 is 0 Å². The molecule has 2 N–H and O–H groups in total. The molecule has 222 valence electrons. The molecule has 1 saturated carbocycles. The number of methoxy groups -OCH3 is 1. The summed E-state index contributed by atoms with van der Waals surface area (Å²) in [6.45, 7) is 11.0. The zero-order valence-electron chi connectivity index (χ0n) is 25.5. The zero-order chi connectivity index (χ0) is 29.6. The minimum absolute atomic E-state index is 0.0919. The van der Waals surface area contributed by atoms with Crippen molar-refractivity contribution in [1.29, 1.82) is 0 Å². The number of aryl methyl sites for hydroxylation is 2. The van der Waals surface area contributed by atoms with Crippen molar-refractivity contribution >= 4 is 17.7 Å². The fraction of sp³-hybridized carbons (Fsp3) is 0.545. The van der Waals surface area contributed by atoms with Gasteiger partial charge in [0.05, 0.1) is 7.11 Å². The Balaban J connectivity index is 1.54. The number of anilines is 1. The molecular formula is C33H46N4O4. The van der Waals surface area contributed by atoms with E-state index < -0.39 is 5.60 Å². The molecule has 0 atom stereocenters. The van der Waals surface area contributed by atoms with Crippen LogP contribution in [0.15, 0.2) is 36.4 Å². The predicted octanol–water partition coefficient (Wildman–Crippen LogP) is 6.04. The van der Waals surface area contributed by atoms with Gasteiger partial charge < -0.3 is 25.0 Å². The van der Waals surface area contributed by atoms with Crippen LogP contribution in [0.4, 0.5) is 10.5 Å². The molecule has 4 rings (SSSR count). The standard InChI is InChI=1S/C33H46N4O4/c1-7-37(25-18-16-24(17-19-25)36-32(39)41-33(3,4)5)29-15-11-14-27-26(29)13-10-8-9-12-23-20-22(2)35-31(40-6)28(23)21-34-30(27)38/h8,10-11,14-15,20,24-25H,7,9,12-13,16-19,21H2,1-6H3,(H,34,38)(H,36,39)/b10-8+/t24-,25+. The molecule has 1 aromatic heterocycles. The fourth-order valence-corrected chi connectivity index (χ4v) is 6.04. The highest BCUT2D eigenvalue weighted by Crippen LogP contribution is 2.33. The third kappa shape index (κ3) is 7.80. The van der Waals surface area contributed by atoms with Crippen molar-refractivity contribution in [2.24, 2.45) is 0 Å². The second-order valence-electron chi connectivity index (χ2n) is 12.0. The van der Waals surface area contributed by atoms with Gasteiger partial charge in [-0.25, -0.2) is 9.78 Å². The summed E-state index contributed by atoms with van der Waals surface area (Å²) in [6, 6.07) is 8.60. The smallest absolute Gasteiger partial charge is 0.407 e. The molecule has 0 spiro atoms. The molecule has 1 aliphatic heterocycles. The van der Waals surface area contributed by atoms with E-state index in [1.165, 1.54) is 0 Å². The summed E-state index contributed by atoms with van der Waals surface area (Å²) in [7, 11) is 1.63. The number of benzene rings is 1. The number of carbonyl (C=O) groups is 2. The van der Waals surface area contributed by atoms with Crippen LogP contribution >= 0.6 is 0 Å². The summed E-state index contributed by atoms with van der Waals surface area (Å²) in [5, 5.41) is 6.21. The number of carbonyl (C=O) groups excluding carboxylic acids is 2. The van der Waals surface area contributed by atoms with Gasteiger partial charge >= 0.3 is 6.09 Å². The first kappa shape index (κ1) is 30.4. The zero-order valence-corrected chi connectivity index (χ0v) is 25.5. The second-order valence-corrected chi connectivity index (χ2v) is 12.0. The molecule has 1 aliphatic carbocycles. The molecule has 0 bridgehead atoms. The van der Waals surface area contributed by atoms with Crippen LogP contribution in [0.5, 0.6) is 5.88 Å². The van der Waals surface area contributed by atoms with Crippen molar-refractivity contribution in [2.45, 2.75) is 104 Å². The number of nitrogens with zero attached hydrogens (tertiary/aromatic N) is 2. The maximum Gasteiger partial charge on any atom is 0.407 e. The predicted molar refractivity (Wildman–Crippen MR) is 163 cm³/mol. The first-order chi connectivity index (χ1) is 19.6. The number of hydrogen-bond donors (Lipinski definition) is 2. The number of allylic oxidation sites excluding steroid dienone is 2. The summed E-state index contributed by atoms with van der Waals surface area (Å²) < 4.78 is 11.0. The molecule has 0 radical (unpaired) electrons. The number of aromatic nitrogens is 1. The number of nitrogens with one attached hydrogen (secondary N) is 2. The number of ether oxygens (including phenoxy) is 2. The Kier molecular flexibility index (Phi) is 9.94. The summed E-state index contributed by atoms with van der Waals surface area (Å²) in [4.78, 5) is 32.9. The van der Waals surface area contributed by atoms with E-state index in [1.807, 2.05) is 39.8 Å². The Morgan fingerprint density at radius 1 is 1.15 bits per heavy atom. The van der Waals surface area contributed by atoms with Crippen molar-refractivity contribution < 1.29 is 19.1 Å². The number of alkyl carbamates (subject to hydrolysis) is 1. The van der Waals surface area contributed by atoms with Crippen LogP contribution in [-0.2, 0) is 24.1 Å². The SMILES string of the molecule is CCN(c1cccc2c1C/C=C/CCc1cc(C)nc(OC)c1CNC2=O)[C@H]1CC[C@@H](NC(=O)OC(C)(C)C)CC1. The summed E-state index contributed by atoms with van der Waals surface area (Å²) in [5.41, 5.74) is 5.35. The number of hydrogen-bond acceptors (Lipinski definition) is 6. The highest BCUT2D eigenvalue weighted by molar-refractivity contribution is 5.97. The number of rotatable bonds is 5. The van der Waals surface area contributed by atoms with Gasteiger partial charge in [-0.05, 0) is 109 Å². The first-order valence-electron chi connectivity index (χ1n) is 14.9.